The molecule has 1 N–H and O–H groups in total. The van der Waals surface area contributed by atoms with Crippen molar-refractivity contribution in [3.8, 4) is 0 Å². The molecular weight excluding hydrogens is 449 g/mol. The summed E-state index contributed by atoms with van der Waals surface area (Å²) < 4.78 is 6.13. The van der Waals surface area contributed by atoms with E-state index in [4.69, 9.17) is 10.3 Å². The van der Waals surface area contributed by atoms with Crippen LogP contribution >= 0.6 is 22.6 Å². The highest BCUT2D eigenvalue weighted by Gasteiger charge is 2.34. The van der Waals surface area contributed by atoms with Crippen LogP contribution in [0.4, 0.5) is 0 Å². The molecule has 0 fully saturated rings. The molecule has 142 valence electrons. The Morgan fingerprint density at radius 3 is 2.69 bits per heavy atom. The first-order chi connectivity index (χ1) is 12.3. The summed E-state index contributed by atoms with van der Waals surface area (Å²) in [5.41, 5.74) is 8.26. The van der Waals surface area contributed by atoms with Gasteiger partial charge in [0.05, 0.1) is 12.0 Å². The Morgan fingerprint density at radius 1 is 1.38 bits per heavy atom. The predicted octanol–water partition coefficient (Wildman–Crippen LogP) is 4.83. The molecule has 0 spiro atoms. The van der Waals surface area contributed by atoms with Crippen molar-refractivity contribution < 1.29 is 19.4 Å². The van der Waals surface area contributed by atoms with Crippen molar-refractivity contribution in [2.45, 2.75) is 57.5 Å². The summed E-state index contributed by atoms with van der Waals surface area (Å²) in [6, 6.07) is 7.57. The van der Waals surface area contributed by atoms with E-state index in [2.05, 4.69) is 32.6 Å². The van der Waals surface area contributed by atoms with Crippen LogP contribution in [0.2, 0.25) is 0 Å². The van der Waals surface area contributed by atoms with E-state index in [1.54, 1.807) is 6.92 Å². The van der Waals surface area contributed by atoms with Gasteiger partial charge in [0.1, 0.15) is 6.10 Å². The summed E-state index contributed by atoms with van der Waals surface area (Å²) in [5.74, 6) is -1.24. The van der Waals surface area contributed by atoms with Crippen LogP contribution in [0.3, 0.4) is 0 Å². The number of nitrogens with zero attached hydrogens (tertiary/aromatic N) is 3. The third kappa shape index (κ3) is 7.21. The number of halogens is 1. The Labute approximate surface area is 166 Å². The van der Waals surface area contributed by atoms with E-state index in [9.17, 15) is 14.7 Å². The van der Waals surface area contributed by atoms with E-state index in [1.165, 1.54) is 6.92 Å². The molecule has 0 saturated carbocycles. The highest BCUT2D eigenvalue weighted by molar-refractivity contribution is 14.1. The normalized spacial score (nSPS) is 14.0. The van der Waals surface area contributed by atoms with Crippen LogP contribution in [0.25, 0.3) is 10.4 Å². The number of aliphatic carboxylic acids is 1. The Kier molecular flexibility index (Phi) is 9.43. The van der Waals surface area contributed by atoms with Gasteiger partial charge in [-0.1, -0.05) is 30.1 Å². The van der Waals surface area contributed by atoms with Crippen molar-refractivity contribution in [1.82, 2.24) is 0 Å². The molecule has 0 amide bonds. The molecule has 0 heterocycles. The topological polar surface area (TPSA) is 112 Å². The van der Waals surface area contributed by atoms with Crippen LogP contribution in [0.5, 0.6) is 0 Å². The van der Waals surface area contributed by atoms with Crippen LogP contribution in [0.1, 0.15) is 51.5 Å². The molecule has 26 heavy (non-hydrogen) atoms. The molecule has 1 aromatic rings. The van der Waals surface area contributed by atoms with Gasteiger partial charge in [-0.2, -0.15) is 0 Å². The number of azide groups is 1. The standard InChI is InChI=1S/C18H24IN3O4/c1-13(23)26-16(12-21-22-20)9-4-3-5-10-18(2,17(24)25)14-7-6-8-15(19)11-14/h6-8,11,16H,3-5,9-10,12H2,1-2H3,(H,24,25). The number of rotatable bonds is 11. The lowest BCUT2D eigenvalue weighted by Crippen LogP contribution is -2.32. The molecule has 0 aromatic heterocycles. The van der Waals surface area contributed by atoms with Gasteiger partial charge < -0.3 is 9.84 Å². The molecule has 2 atom stereocenters. The summed E-state index contributed by atoms with van der Waals surface area (Å²) in [6.07, 6.45) is 3.00. The minimum absolute atomic E-state index is 0.116. The van der Waals surface area contributed by atoms with Crippen LogP contribution in [-0.4, -0.2) is 29.7 Å². The summed E-state index contributed by atoms with van der Waals surface area (Å²) in [6.45, 7) is 3.19. The van der Waals surface area contributed by atoms with E-state index in [0.29, 0.717) is 12.8 Å². The third-order valence-electron chi connectivity index (χ3n) is 4.32. The number of esters is 1. The molecule has 1 aromatic carbocycles. The molecule has 2 unspecified atom stereocenters. The Morgan fingerprint density at radius 2 is 2.12 bits per heavy atom. The minimum atomic E-state index is -0.929. The van der Waals surface area contributed by atoms with Gasteiger partial charge in [0, 0.05) is 15.4 Å². The van der Waals surface area contributed by atoms with Crippen molar-refractivity contribution in [2.24, 2.45) is 5.11 Å². The lowest BCUT2D eigenvalue weighted by atomic mass is 9.78. The van der Waals surface area contributed by atoms with Crippen LogP contribution < -0.4 is 0 Å². The van der Waals surface area contributed by atoms with Crippen molar-refractivity contribution in [3.05, 3.63) is 43.8 Å². The van der Waals surface area contributed by atoms with E-state index in [1.807, 2.05) is 24.3 Å². The molecule has 0 radical (unpaired) electrons. The molecule has 0 saturated heterocycles. The summed E-state index contributed by atoms with van der Waals surface area (Å²) >= 11 is 2.18. The van der Waals surface area contributed by atoms with Gasteiger partial charge in [-0.15, -0.1) is 0 Å². The van der Waals surface area contributed by atoms with E-state index in [-0.39, 0.29) is 6.54 Å². The van der Waals surface area contributed by atoms with Crippen LogP contribution in [0, 0.1) is 3.57 Å². The number of carbonyl (C=O) groups excluding carboxylic acids is 1. The quantitative estimate of drug-likeness (QED) is 0.124. The third-order valence-corrected chi connectivity index (χ3v) is 4.99. The fourth-order valence-electron chi connectivity index (χ4n) is 2.78. The molecule has 8 heteroatoms. The molecule has 7 nitrogen and oxygen atoms in total. The second kappa shape index (κ2) is 11.0. The second-order valence-corrected chi connectivity index (χ2v) is 7.64. The Bertz CT molecular complexity index is 672. The van der Waals surface area contributed by atoms with Crippen molar-refractivity contribution in [2.75, 3.05) is 6.54 Å². The van der Waals surface area contributed by atoms with Gasteiger partial charge in [-0.3, -0.25) is 9.59 Å². The highest BCUT2D eigenvalue weighted by Crippen LogP contribution is 2.31. The number of unbranched alkanes of at least 4 members (excludes halogenated alkanes) is 2. The number of ether oxygens (including phenoxy) is 1. The summed E-state index contributed by atoms with van der Waals surface area (Å²) in [4.78, 5) is 25.6. The molecule has 0 aliphatic rings. The first-order valence-corrected chi connectivity index (χ1v) is 9.55. The smallest absolute Gasteiger partial charge is 0.313 e. The first kappa shape index (κ1) is 22.2. The zero-order valence-electron chi connectivity index (χ0n) is 15.0. The lowest BCUT2D eigenvalue weighted by Gasteiger charge is -2.25. The molecule has 1 rings (SSSR count). The SMILES string of the molecule is CC(=O)OC(CCCCCC(C)(C(=O)O)c1cccc(I)c1)CN=[N+]=[N-]. The lowest BCUT2D eigenvalue weighted by molar-refractivity contribution is -0.146. The minimum Gasteiger partial charge on any atom is -0.481 e. The Balaban J connectivity index is 2.56. The van der Waals surface area contributed by atoms with Gasteiger partial charge in [0.15, 0.2) is 0 Å². The van der Waals surface area contributed by atoms with Crippen LogP contribution in [-0.2, 0) is 19.7 Å². The van der Waals surface area contributed by atoms with E-state index >= 15 is 0 Å². The number of carbonyl (C=O) groups is 2. The average molecular weight is 473 g/mol. The Hall–Kier alpha value is -1.80. The average Bonchev–Trinajstić information content (AvgIpc) is 2.58. The maximum atomic E-state index is 11.8. The van der Waals surface area contributed by atoms with Crippen molar-refractivity contribution >= 4 is 34.5 Å². The zero-order chi connectivity index (χ0) is 19.6. The van der Waals surface area contributed by atoms with E-state index in [0.717, 1.165) is 28.4 Å². The van der Waals surface area contributed by atoms with Gasteiger partial charge in [-0.05, 0) is 72.0 Å². The van der Waals surface area contributed by atoms with Crippen molar-refractivity contribution in [1.29, 1.82) is 0 Å². The number of benzene rings is 1. The number of carboxylic acids is 1. The summed E-state index contributed by atoms with van der Waals surface area (Å²) in [5, 5.41) is 13.2. The fraction of sp³-hybridized carbons (Fsp3) is 0.556. The van der Waals surface area contributed by atoms with E-state index < -0.39 is 23.5 Å². The fourth-order valence-corrected chi connectivity index (χ4v) is 3.33. The number of carboxylic acid groups (broad SMARTS) is 1. The maximum Gasteiger partial charge on any atom is 0.313 e. The number of hydrogen-bond acceptors (Lipinski definition) is 4. The predicted molar refractivity (Wildman–Crippen MR) is 107 cm³/mol. The maximum absolute atomic E-state index is 11.8. The van der Waals surface area contributed by atoms with Gasteiger partial charge in [0.25, 0.3) is 0 Å². The zero-order valence-corrected chi connectivity index (χ0v) is 17.2. The first-order valence-electron chi connectivity index (χ1n) is 8.47. The van der Waals surface area contributed by atoms with Gasteiger partial charge in [0.2, 0.25) is 0 Å². The van der Waals surface area contributed by atoms with Crippen LogP contribution in [0.15, 0.2) is 29.4 Å². The highest BCUT2D eigenvalue weighted by atomic mass is 127. The van der Waals surface area contributed by atoms with Gasteiger partial charge in [-0.25, -0.2) is 0 Å². The molecule has 0 aliphatic heterocycles. The van der Waals surface area contributed by atoms with Gasteiger partial charge >= 0.3 is 11.9 Å². The monoisotopic (exact) mass is 473 g/mol. The number of hydrogen-bond donors (Lipinski definition) is 1. The largest absolute Gasteiger partial charge is 0.481 e. The second-order valence-electron chi connectivity index (χ2n) is 6.39. The molecule has 0 bridgehead atoms. The summed E-state index contributed by atoms with van der Waals surface area (Å²) in [7, 11) is 0. The molecule has 0 aliphatic carbocycles. The molecular formula is C18H24IN3O4. The van der Waals surface area contributed by atoms with Crippen molar-refractivity contribution in [3.63, 3.8) is 0 Å².